The molecule has 2 aromatic rings. The molecule has 1 fully saturated rings. The van der Waals surface area contributed by atoms with Crippen LogP contribution in [0.4, 0.5) is 0 Å². The van der Waals surface area contributed by atoms with Gasteiger partial charge in [0.05, 0.1) is 0 Å². The van der Waals surface area contributed by atoms with Gasteiger partial charge in [0.15, 0.2) is 0 Å². The van der Waals surface area contributed by atoms with Gasteiger partial charge >= 0.3 is 8.72 Å². The molecular weight excluding hydrogens is 266 g/mol. The SMILES string of the molecule is CO[Si](OC)(c1cccc2ccccc12)N1CCCC1. The molecule has 0 N–H and O–H groups in total. The molecule has 1 heterocycles. The second kappa shape index (κ2) is 5.66. The summed E-state index contributed by atoms with van der Waals surface area (Å²) < 4.78 is 14.4. The number of fused-ring (bicyclic) bond motifs is 1. The highest BCUT2D eigenvalue weighted by atomic mass is 28.4. The third kappa shape index (κ3) is 2.09. The van der Waals surface area contributed by atoms with Gasteiger partial charge in [0.2, 0.25) is 0 Å². The molecule has 0 aromatic heterocycles. The van der Waals surface area contributed by atoms with E-state index in [1.54, 1.807) is 14.2 Å². The van der Waals surface area contributed by atoms with Gasteiger partial charge in [-0.05, 0) is 36.7 Å². The summed E-state index contributed by atoms with van der Waals surface area (Å²) in [7, 11) is 1.06. The van der Waals surface area contributed by atoms with Gasteiger partial charge in [-0.1, -0.05) is 42.5 Å². The van der Waals surface area contributed by atoms with E-state index in [9.17, 15) is 0 Å². The lowest BCUT2D eigenvalue weighted by Crippen LogP contribution is -2.65. The molecule has 106 valence electrons. The minimum atomic E-state index is -2.52. The summed E-state index contributed by atoms with van der Waals surface area (Å²) in [4.78, 5) is 0. The smallest absolute Gasteiger partial charge is 0.383 e. The van der Waals surface area contributed by atoms with Crippen LogP contribution < -0.4 is 5.19 Å². The first kappa shape index (κ1) is 13.8. The Balaban J connectivity index is 2.18. The summed E-state index contributed by atoms with van der Waals surface area (Å²) >= 11 is 0. The number of rotatable bonds is 4. The number of hydrogen-bond acceptors (Lipinski definition) is 3. The topological polar surface area (TPSA) is 21.7 Å². The predicted octanol–water partition coefficient (Wildman–Crippen LogP) is 2.37. The fraction of sp³-hybridized carbons (Fsp3) is 0.375. The molecule has 0 amide bonds. The molecule has 0 saturated carbocycles. The van der Waals surface area contributed by atoms with Crippen molar-refractivity contribution in [2.75, 3.05) is 27.3 Å². The van der Waals surface area contributed by atoms with Crippen molar-refractivity contribution in [1.29, 1.82) is 0 Å². The molecule has 0 aliphatic carbocycles. The van der Waals surface area contributed by atoms with E-state index in [1.165, 1.54) is 28.8 Å². The average Bonchev–Trinajstić information content (AvgIpc) is 3.04. The molecule has 3 rings (SSSR count). The highest BCUT2D eigenvalue weighted by Crippen LogP contribution is 2.23. The van der Waals surface area contributed by atoms with Crippen molar-refractivity contribution >= 4 is 24.7 Å². The Bertz CT molecular complexity index is 587. The van der Waals surface area contributed by atoms with Gasteiger partial charge < -0.3 is 8.85 Å². The Morgan fingerprint density at radius 1 is 0.900 bits per heavy atom. The zero-order valence-electron chi connectivity index (χ0n) is 12.1. The highest BCUT2D eigenvalue weighted by molar-refractivity contribution is 6.80. The molecule has 0 bridgehead atoms. The quantitative estimate of drug-likeness (QED) is 0.806. The van der Waals surface area contributed by atoms with Crippen molar-refractivity contribution in [1.82, 2.24) is 4.57 Å². The van der Waals surface area contributed by atoms with Crippen LogP contribution in [0.15, 0.2) is 42.5 Å². The van der Waals surface area contributed by atoms with Crippen LogP contribution in [0.1, 0.15) is 12.8 Å². The third-order valence-corrected chi connectivity index (χ3v) is 7.71. The molecule has 0 unspecified atom stereocenters. The molecule has 3 nitrogen and oxygen atoms in total. The maximum Gasteiger partial charge on any atom is 0.463 e. The average molecular weight is 287 g/mol. The Kier molecular flexibility index (Phi) is 3.89. The van der Waals surface area contributed by atoms with Crippen molar-refractivity contribution in [3.05, 3.63) is 42.5 Å². The second-order valence-corrected chi connectivity index (χ2v) is 8.36. The Morgan fingerprint density at radius 2 is 1.55 bits per heavy atom. The second-order valence-electron chi connectivity index (χ2n) is 5.21. The normalized spacial score (nSPS) is 16.9. The van der Waals surface area contributed by atoms with Crippen LogP contribution in [0.2, 0.25) is 0 Å². The monoisotopic (exact) mass is 287 g/mol. The first-order chi connectivity index (χ1) is 9.81. The highest BCUT2D eigenvalue weighted by Gasteiger charge is 2.47. The summed E-state index contributed by atoms with van der Waals surface area (Å²) in [5, 5.41) is 3.72. The van der Waals surface area contributed by atoms with E-state index in [-0.39, 0.29) is 0 Å². The number of benzene rings is 2. The van der Waals surface area contributed by atoms with E-state index in [2.05, 4.69) is 47.0 Å². The molecule has 2 aromatic carbocycles. The van der Waals surface area contributed by atoms with E-state index in [4.69, 9.17) is 8.85 Å². The molecule has 4 heteroatoms. The van der Waals surface area contributed by atoms with Crippen LogP contribution in [-0.4, -0.2) is 40.6 Å². The Hall–Kier alpha value is -1.20. The number of nitrogens with zero attached hydrogens (tertiary/aromatic N) is 1. The van der Waals surface area contributed by atoms with Gasteiger partial charge in [0.25, 0.3) is 0 Å². The van der Waals surface area contributed by atoms with E-state index in [0.717, 1.165) is 13.1 Å². The zero-order chi connectivity index (χ0) is 14.0. The summed E-state index contributed by atoms with van der Waals surface area (Å²) in [6, 6.07) is 14.9. The maximum atomic E-state index is 6.01. The van der Waals surface area contributed by atoms with Crippen molar-refractivity contribution in [2.45, 2.75) is 12.8 Å². The molecule has 0 radical (unpaired) electrons. The van der Waals surface area contributed by atoms with Crippen molar-refractivity contribution in [3.8, 4) is 0 Å². The largest absolute Gasteiger partial charge is 0.463 e. The van der Waals surface area contributed by atoms with Crippen LogP contribution in [0, 0.1) is 0 Å². The van der Waals surface area contributed by atoms with E-state index < -0.39 is 8.72 Å². The minimum Gasteiger partial charge on any atom is -0.383 e. The first-order valence-corrected chi connectivity index (χ1v) is 8.92. The van der Waals surface area contributed by atoms with Crippen LogP contribution in [0.3, 0.4) is 0 Å². The molecule has 20 heavy (non-hydrogen) atoms. The third-order valence-electron chi connectivity index (χ3n) is 4.21. The summed E-state index contributed by atoms with van der Waals surface area (Å²) in [5.41, 5.74) is 0. The molecule has 1 aliphatic rings. The van der Waals surface area contributed by atoms with Gasteiger partial charge in [-0.3, -0.25) is 4.57 Å². The lowest BCUT2D eigenvalue weighted by atomic mass is 10.1. The van der Waals surface area contributed by atoms with E-state index >= 15 is 0 Å². The predicted molar refractivity (Wildman–Crippen MR) is 84.2 cm³/mol. The van der Waals surface area contributed by atoms with Crippen molar-refractivity contribution < 1.29 is 8.85 Å². The molecule has 1 saturated heterocycles. The summed E-state index contributed by atoms with van der Waals surface area (Å²) in [6.07, 6.45) is 2.46. The molecule has 0 atom stereocenters. The van der Waals surface area contributed by atoms with Crippen LogP contribution >= 0.6 is 0 Å². The van der Waals surface area contributed by atoms with Gasteiger partial charge in [-0.15, -0.1) is 0 Å². The van der Waals surface area contributed by atoms with Crippen LogP contribution in [-0.2, 0) is 8.85 Å². The standard InChI is InChI=1S/C16H21NO2Si/c1-18-20(19-2,17-12-5-6-13-17)16-11-7-9-14-8-3-4-10-15(14)16/h3-4,7-11H,5-6,12-13H2,1-2H3. The summed E-state index contributed by atoms with van der Waals surface area (Å²) in [5.74, 6) is 0. The first-order valence-electron chi connectivity index (χ1n) is 7.15. The lowest BCUT2D eigenvalue weighted by Gasteiger charge is -2.36. The van der Waals surface area contributed by atoms with Crippen molar-refractivity contribution in [3.63, 3.8) is 0 Å². The zero-order valence-corrected chi connectivity index (χ0v) is 13.1. The van der Waals surface area contributed by atoms with Gasteiger partial charge in [-0.25, -0.2) is 0 Å². The Labute approximate surface area is 121 Å². The van der Waals surface area contributed by atoms with Gasteiger partial charge in [-0.2, -0.15) is 0 Å². The van der Waals surface area contributed by atoms with Gasteiger partial charge in [0, 0.05) is 19.4 Å². The van der Waals surface area contributed by atoms with Crippen LogP contribution in [0.25, 0.3) is 10.8 Å². The maximum absolute atomic E-state index is 6.01. The number of hydrogen-bond donors (Lipinski definition) is 0. The lowest BCUT2D eigenvalue weighted by molar-refractivity contribution is 0.191. The fourth-order valence-corrected chi connectivity index (χ4v) is 6.49. The minimum absolute atomic E-state index is 1.07. The Morgan fingerprint density at radius 3 is 2.25 bits per heavy atom. The van der Waals surface area contributed by atoms with Crippen molar-refractivity contribution in [2.24, 2.45) is 0 Å². The molecule has 0 spiro atoms. The van der Waals surface area contributed by atoms with E-state index in [0.29, 0.717) is 0 Å². The van der Waals surface area contributed by atoms with E-state index in [1.807, 2.05) is 0 Å². The molecular formula is C16H21NO2Si. The fourth-order valence-electron chi connectivity index (χ4n) is 3.24. The van der Waals surface area contributed by atoms with Gasteiger partial charge in [0.1, 0.15) is 0 Å². The summed E-state index contributed by atoms with van der Waals surface area (Å²) in [6.45, 7) is 2.13. The molecule has 1 aliphatic heterocycles. The van der Waals surface area contributed by atoms with Crippen LogP contribution in [0.5, 0.6) is 0 Å².